The molecule has 0 bridgehead atoms. The van der Waals surface area contributed by atoms with Gasteiger partial charge in [0.1, 0.15) is 0 Å². The van der Waals surface area contributed by atoms with Crippen molar-refractivity contribution in [3.8, 4) is 6.07 Å². The van der Waals surface area contributed by atoms with E-state index in [1.165, 1.54) is 0 Å². The average Bonchev–Trinajstić information content (AvgIpc) is 2.81. The van der Waals surface area contributed by atoms with Crippen molar-refractivity contribution in [2.45, 2.75) is 39.2 Å². The molecule has 0 spiro atoms. The molecule has 0 aromatic heterocycles. The van der Waals surface area contributed by atoms with Gasteiger partial charge in [-0.3, -0.25) is 14.4 Å². The van der Waals surface area contributed by atoms with E-state index in [1.54, 1.807) is 19.9 Å². The number of carboxylic acids is 1. The van der Waals surface area contributed by atoms with E-state index in [2.05, 4.69) is 0 Å². The highest BCUT2D eigenvalue weighted by molar-refractivity contribution is 6.04. The van der Waals surface area contributed by atoms with Crippen LogP contribution >= 0.6 is 0 Å². The lowest BCUT2D eigenvalue weighted by atomic mass is 9.72. The minimum atomic E-state index is -2.19. The van der Waals surface area contributed by atoms with Crippen molar-refractivity contribution in [1.29, 1.82) is 5.26 Å². The van der Waals surface area contributed by atoms with Gasteiger partial charge in [0.2, 0.25) is 0 Å². The summed E-state index contributed by atoms with van der Waals surface area (Å²) in [6, 6.07) is 1.67. The molecule has 1 N–H and O–H groups in total. The van der Waals surface area contributed by atoms with Crippen LogP contribution < -0.4 is 0 Å². The van der Waals surface area contributed by atoms with Crippen molar-refractivity contribution in [3.63, 3.8) is 0 Å². The number of hydrogen-bond donors (Lipinski definition) is 1. The van der Waals surface area contributed by atoms with Gasteiger partial charge in [-0.25, -0.2) is 0 Å². The molecular weight excluding hydrogens is 266 g/mol. The molecule has 110 valence electrons. The Kier molecular flexibility index (Phi) is 5.08. The predicted molar refractivity (Wildman–Crippen MR) is 65.2 cm³/mol. The van der Waals surface area contributed by atoms with Crippen LogP contribution in [-0.4, -0.2) is 35.7 Å². The van der Waals surface area contributed by atoms with Crippen LogP contribution in [0.15, 0.2) is 0 Å². The summed E-state index contributed by atoms with van der Waals surface area (Å²) in [7, 11) is 0. The second-order valence-corrected chi connectivity index (χ2v) is 4.74. The molecule has 1 aliphatic heterocycles. The van der Waals surface area contributed by atoms with E-state index >= 15 is 0 Å². The van der Waals surface area contributed by atoms with Crippen molar-refractivity contribution < 1.29 is 29.0 Å². The van der Waals surface area contributed by atoms with E-state index in [1.807, 2.05) is 0 Å². The molecule has 20 heavy (non-hydrogen) atoms. The first-order valence-electron chi connectivity index (χ1n) is 6.38. The summed E-state index contributed by atoms with van der Waals surface area (Å²) in [5, 5.41) is 18.3. The summed E-state index contributed by atoms with van der Waals surface area (Å²) in [6.07, 6.45) is -0.527. The van der Waals surface area contributed by atoms with Crippen LogP contribution in [-0.2, 0) is 23.9 Å². The summed E-state index contributed by atoms with van der Waals surface area (Å²) in [5.74, 6) is -4.54. The van der Waals surface area contributed by atoms with E-state index in [-0.39, 0.29) is 13.0 Å². The minimum absolute atomic E-state index is 0.0422. The van der Waals surface area contributed by atoms with E-state index in [4.69, 9.17) is 14.7 Å². The van der Waals surface area contributed by atoms with Crippen LogP contribution in [0.5, 0.6) is 0 Å². The summed E-state index contributed by atoms with van der Waals surface area (Å²) >= 11 is 0. The Morgan fingerprint density at radius 3 is 2.70 bits per heavy atom. The molecule has 7 nitrogen and oxygen atoms in total. The Hall–Kier alpha value is -2.10. The van der Waals surface area contributed by atoms with Crippen molar-refractivity contribution >= 4 is 17.9 Å². The van der Waals surface area contributed by atoms with Crippen LogP contribution in [0.3, 0.4) is 0 Å². The highest BCUT2D eigenvalue weighted by Crippen LogP contribution is 2.40. The van der Waals surface area contributed by atoms with Crippen LogP contribution in [0, 0.1) is 22.7 Å². The van der Waals surface area contributed by atoms with Crippen molar-refractivity contribution in [2.24, 2.45) is 11.3 Å². The number of esters is 2. The molecule has 0 aromatic rings. The Labute approximate surface area is 116 Å². The zero-order chi connectivity index (χ0) is 15.3. The molecule has 1 heterocycles. The summed E-state index contributed by atoms with van der Waals surface area (Å²) < 4.78 is 9.79. The lowest BCUT2D eigenvalue weighted by Crippen LogP contribution is -2.49. The number of nitriles is 1. The van der Waals surface area contributed by atoms with Gasteiger partial charge in [0.25, 0.3) is 0 Å². The molecule has 0 aromatic carbocycles. The highest BCUT2D eigenvalue weighted by atomic mass is 16.6. The van der Waals surface area contributed by atoms with Gasteiger partial charge in [-0.15, -0.1) is 0 Å². The molecule has 1 fully saturated rings. The quantitative estimate of drug-likeness (QED) is 0.568. The number of carbonyl (C=O) groups is 3. The molecule has 0 radical (unpaired) electrons. The van der Waals surface area contributed by atoms with Crippen LogP contribution in [0.4, 0.5) is 0 Å². The fourth-order valence-electron chi connectivity index (χ4n) is 2.09. The molecule has 1 rings (SSSR count). The molecule has 3 atom stereocenters. The van der Waals surface area contributed by atoms with Gasteiger partial charge in [-0.05, 0) is 19.8 Å². The molecular formula is C13H17NO6. The molecule has 0 aliphatic carbocycles. The van der Waals surface area contributed by atoms with Gasteiger partial charge in [0.15, 0.2) is 5.41 Å². The van der Waals surface area contributed by atoms with Gasteiger partial charge in [0, 0.05) is 0 Å². The normalized spacial score (nSPS) is 22.2. The Morgan fingerprint density at radius 2 is 2.30 bits per heavy atom. The van der Waals surface area contributed by atoms with Gasteiger partial charge >= 0.3 is 17.9 Å². The summed E-state index contributed by atoms with van der Waals surface area (Å²) in [4.78, 5) is 35.5. The molecule has 0 saturated carbocycles. The second-order valence-electron chi connectivity index (χ2n) is 4.74. The first kappa shape index (κ1) is 16.0. The van der Waals surface area contributed by atoms with Crippen molar-refractivity contribution in [3.05, 3.63) is 0 Å². The van der Waals surface area contributed by atoms with Crippen LogP contribution in [0.25, 0.3) is 0 Å². The summed E-state index contributed by atoms with van der Waals surface area (Å²) in [6.45, 7) is 3.43. The van der Waals surface area contributed by atoms with Crippen LogP contribution in [0.1, 0.15) is 33.1 Å². The third-order valence-corrected chi connectivity index (χ3v) is 3.52. The van der Waals surface area contributed by atoms with E-state index in [0.717, 1.165) is 0 Å². The Bertz CT molecular complexity index is 454. The first-order chi connectivity index (χ1) is 9.40. The molecule has 1 saturated heterocycles. The van der Waals surface area contributed by atoms with E-state index < -0.39 is 41.8 Å². The molecule has 3 unspecified atom stereocenters. The number of cyclic esters (lactones) is 1. The van der Waals surface area contributed by atoms with Gasteiger partial charge in [0.05, 0.1) is 31.1 Å². The summed E-state index contributed by atoms with van der Waals surface area (Å²) in [5.41, 5.74) is -2.19. The minimum Gasteiger partial charge on any atom is -0.480 e. The lowest BCUT2D eigenvalue weighted by Gasteiger charge is -2.29. The number of hydrogen-bond acceptors (Lipinski definition) is 6. The van der Waals surface area contributed by atoms with Crippen molar-refractivity contribution in [2.75, 3.05) is 6.61 Å². The average molecular weight is 283 g/mol. The SMILES string of the molecule is CCC(C)OC(=O)C(CC#N)(C(=O)O)C1CCOC1=O. The number of ether oxygens (including phenoxy) is 2. The number of aliphatic carboxylic acids is 1. The van der Waals surface area contributed by atoms with E-state index in [9.17, 15) is 19.5 Å². The molecule has 1 aliphatic rings. The van der Waals surface area contributed by atoms with Gasteiger partial charge in [-0.1, -0.05) is 6.92 Å². The number of nitrogens with zero attached hydrogens (tertiary/aromatic N) is 1. The maximum atomic E-state index is 12.2. The fraction of sp³-hybridized carbons (Fsp3) is 0.692. The fourth-order valence-corrected chi connectivity index (χ4v) is 2.09. The second kappa shape index (κ2) is 6.37. The zero-order valence-corrected chi connectivity index (χ0v) is 11.4. The van der Waals surface area contributed by atoms with Gasteiger partial charge in [-0.2, -0.15) is 5.26 Å². The predicted octanol–water partition coefficient (Wildman–Crippen LogP) is 0.876. The monoisotopic (exact) mass is 283 g/mol. The molecule has 0 amide bonds. The maximum Gasteiger partial charge on any atom is 0.325 e. The maximum absolute atomic E-state index is 12.2. The zero-order valence-electron chi connectivity index (χ0n) is 11.4. The largest absolute Gasteiger partial charge is 0.480 e. The van der Waals surface area contributed by atoms with Gasteiger partial charge < -0.3 is 14.6 Å². The third kappa shape index (κ3) is 2.74. The number of rotatable bonds is 6. The molecule has 7 heteroatoms. The Balaban J connectivity index is 3.18. The number of carbonyl (C=O) groups excluding carboxylic acids is 2. The topological polar surface area (TPSA) is 114 Å². The van der Waals surface area contributed by atoms with E-state index in [0.29, 0.717) is 6.42 Å². The number of carboxylic acid groups (broad SMARTS) is 1. The van der Waals surface area contributed by atoms with Crippen LogP contribution in [0.2, 0.25) is 0 Å². The first-order valence-corrected chi connectivity index (χ1v) is 6.38. The lowest BCUT2D eigenvalue weighted by molar-refractivity contribution is -0.179. The van der Waals surface area contributed by atoms with Crippen molar-refractivity contribution in [1.82, 2.24) is 0 Å². The Morgan fingerprint density at radius 1 is 1.65 bits per heavy atom. The smallest absolute Gasteiger partial charge is 0.325 e. The third-order valence-electron chi connectivity index (χ3n) is 3.52. The standard InChI is InChI=1S/C13H17NO6/c1-3-8(2)20-12(18)13(5-6-14,11(16)17)9-4-7-19-10(9)15/h8-9H,3-5,7H2,1-2H3,(H,16,17). The highest BCUT2D eigenvalue weighted by Gasteiger charge is 2.59.